The van der Waals surface area contributed by atoms with Crippen LogP contribution in [0.3, 0.4) is 0 Å². The molecule has 1 N–H and O–H groups in total. The Morgan fingerprint density at radius 1 is 1.05 bits per heavy atom. The van der Waals surface area contributed by atoms with Crippen LogP contribution in [-0.2, 0) is 24.1 Å². The van der Waals surface area contributed by atoms with Gasteiger partial charge in [0.15, 0.2) is 0 Å². The lowest BCUT2D eigenvalue weighted by Crippen LogP contribution is -2.35. The lowest BCUT2D eigenvalue weighted by molar-refractivity contribution is -0.118. The number of hydrogen-bond acceptors (Lipinski definition) is 2. The van der Waals surface area contributed by atoms with Crippen LogP contribution >= 0.6 is 0 Å². The maximum Gasteiger partial charge on any atom is 0.227 e. The van der Waals surface area contributed by atoms with Crippen LogP contribution in [0.15, 0.2) is 12.1 Å². The van der Waals surface area contributed by atoms with Crippen molar-refractivity contribution in [3.63, 3.8) is 0 Å². The molecule has 102 valence electrons. The van der Waals surface area contributed by atoms with Gasteiger partial charge < -0.3 is 10.2 Å². The van der Waals surface area contributed by atoms with Gasteiger partial charge in [0.25, 0.3) is 0 Å². The highest BCUT2D eigenvalue weighted by molar-refractivity contribution is 5.96. The van der Waals surface area contributed by atoms with Gasteiger partial charge in [0.1, 0.15) is 0 Å². The molecule has 0 saturated carbocycles. The van der Waals surface area contributed by atoms with Crippen molar-refractivity contribution >= 4 is 11.6 Å². The Morgan fingerprint density at radius 3 is 2.53 bits per heavy atom. The molecule has 0 fully saturated rings. The van der Waals surface area contributed by atoms with E-state index in [9.17, 15) is 4.79 Å². The summed E-state index contributed by atoms with van der Waals surface area (Å²) in [6, 6.07) is 4.64. The summed E-state index contributed by atoms with van der Waals surface area (Å²) in [6.07, 6.45) is 4.80. The van der Waals surface area contributed by atoms with Crippen LogP contribution in [0.25, 0.3) is 0 Å². The molecule has 0 bridgehead atoms. The van der Waals surface area contributed by atoms with E-state index in [4.69, 9.17) is 0 Å². The molecule has 0 saturated heterocycles. The van der Waals surface area contributed by atoms with Crippen LogP contribution in [0.5, 0.6) is 0 Å². The van der Waals surface area contributed by atoms with E-state index in [1.165, 1.54) is 22.4 Å². The zero-order chi connectivity index (χ0) is 13.2. The standard InChI is InChI=1S/C16H22N2O/c1-2-9-18-15-11-13-6-8-17-7-5-12(13)10-14(15)3-4-16(18)19/h10-11,17H,2-9H2,1H3. The number of nitrogens with zero attached hydrogens (tertiary/aromatic N) is 1. The number of benzene rings is 1. The van der Waals surface area contributed by atoms with Gasteiger partial charge in [-0.2, -0.15) is 0 Å². The minimum atomic E-state index is 0.293. The third kappa shape index (κ3) is 2.39. The molecule has 0 atom stereocenters. The van der Waals surface area contributed by atoms with Gasteiger partial charge in [-0.1, -0.05) is 13.0 Å². The highest BCUT2D eigenvalue weighted by Crippen LogP contribution is 2.32. The fraction of sp³-hybridized carbons (Fsp3) is 0.562. The van der Waals surface area contributed by atoms with Gasteiger partial charge in [-0.25, -0.2) is 0 Å². The second-order valence-corrected chi connectivity index (χ2v) is 5.55. The predicted octanol–water partition coefficient (Wildman–Crippen LogP) is 2.06. The van der Waals surface area contributed by atoms with Gasteiger partial charge in [0.05, 0.1) is 0 Å². The number of hydrogen-bond donors (Lipinski definition) is 1. The smallest absolute Gasteiger partial charge is 0.227 e. The lowest BCUT2D eigenvalue weighted by atomic mass is 9.93. The summed E-state index contributed by atoms with van der Waals surface area (Å²) >= 11 is 0. The molecule has 2 aliphatic heterocycles. The van der Waals surface area contributed by atoms with E-state index in [-0.39, 0.29) is 0 Å². The van der Waals surface area contributed by atoms with Crippen molar-refractivity contribution in [2.75, 3.05) is 24.5 Å². The van der Waals surface area contributed by atoms with Crippen LogP contribution < -0.4 is 10.2 Å². The molecule has 0 spiro atoms. The first-order valence-corrected chi connectivity index (χ1v) is 7.45. The Balaban J connectivity index is 2.02. The van der Waals surface area contributed by atoms with Crippen molar-refractivity contribution in [1.29, 1.82) is 0 Å². The summed E-state index contributed by atoms with van der Waals surface area (Å²) in [6.45, 7) is 5.11. The van der Waals surface area contributed by atoms with Crippen molar-refractivity contribution in [2.45, 2.75) is 39.0 Å². The Kier molecular flexibility index (Phi) is 3.56. The van der Waals surface area contributed by atoms with E-state index in [1.54, 1.807) is 0 Å². The summed E-state index contributed by atoms with van der Waals surface area (Å²) in [7, 11) is 0. The van der Waals surface area contributed by atoms with Gasteiger partial charge in [0.2, 0.25) is 5.91 Å². The third-order valence-corrected chi connectivity index (χ3v) is 4.19. The van der Waals surface area contributed by atoms with E-state index < -0.39 is 0 Å². The summed E-state index contributed by atoms with van der Waals surface area (Å²) in [5, 5.41) is 3.45. The molecule has 19 heavy (non-hydrogen) atoms. The minimum absolute atomic E-state index is 0.293. The normalized spacial score (nSPS) is 18.8. The average molecular weight is 258 g/mol. The van der Waals surface area contributed by atoms with Crippen LogP contribution in [0, 0.1) is 0 Å². The van der Waals surface area contributed by atoms with E-state index >= 15 is 0 Å². The molecule has 0 unspecified atom stereocenters. The Bertz CT molecular complexity index is 496. The van der Waals surface area contributed by atoms with Crippen molar-refractivity contribution in [2.24, 2.45) is 0 Å². The highest BCUT2D eigenvalue weighted by Gasteiger charge is 2.25. The molecule has 2 aliphatic rings. The molecular weight excluding hydrogens is 236 g/mol. The summed E-state index contributed by atoms with van der Waals surface area (Å²) in [4.78, 5) is 14.1. The second-order valence-electron chi connectivity index (χ2n) is 5.55. The first-order chi connectivity index (χ1) is 9.29. The Labute approximate surface area is 115 Å². The van der Waals surface area contributed by atoms with Crippen LogP contribution in [-0.4, -0.2) is 25.5 Å². The number of nitrogens with one attached hydrogen (secondary N) is 1. The van der Waals surface area contributed by atoms with Crippen molar-refractivity contribution < 1.29 is 4.79 Å². The molecule has 1 aromatic rings. The van der Waals surface area contributed by atoms with Gasteiger partial charge in [0, 0.05) is 18.7 Å². The number of carbonyl (C=O) groups excluding carboxylic acids is 1. The lowest BCUT2D eigenvalue weighted by Gasteiger charge is -2.30. The molecule has 0 aromatic heterocycles. The number of aryl methyl sites for hydroxylation is 1. The molecule has 1 aromatic carbocycles. The zero-order valence-corrected chi connectivity index (χ0v) is 11.7. The molecule has 3 rings (SSSR count). The van der Waals surface area contributed by atoms with Crippen molar-refractivity contribution in [3.05, 3.63) is 28.8 Å². The molecule has 2 heterocycles. The summed E-state index contributed by atoms with van der Waals surface area (Å²) in [5.74, 6) is 0.293. The molecular formula is C16H22N2O. The molecule has 0 radical (unpaired) electrons. The first-order valence-electron chi connectivity index (χ1n) is 7.45. The van der Waals surface area contributed by atoms with Gasteiger partial charge >= 0.3 is 0 Å². The molecule has 3 heteroatoms. The predicted molar refractivity (Wildman–Crippen MR) is 77.7 cm³/mol. The number of carbonyl (C=O) groups is 1. The topological polar surface area (TPSA) is 32.3 Å². The van der Waals surface area contributed by atoms with Gasteiger partial charge in [-0.15, -0.1) is 0 Å². The Hall–Kier alpha value is -1.35. The fourth-order valence-corrected chi connectivity index (χ4v) is 3.20. The number of rotatable bonds is 2. The van der Waals surface area contributed by atoms with Crippen molar-refractivity contribution in [1.82, 2.24) is 5.32 Å². The summed E-state index contributed by atoms with van der Waals surface area (Å²) in [5.41, 5.74) is 5.46. The first kappa shape index (κ1) is 12.7. The molecule has 1 amide bonds. The molecule has 0 aliphatic carbocycles. The maximum absolute atomic E-state index is 12.1. The minimum Gasteiger partial charge on any atom is -0.316 e. The molecule has 3 nitrogen and oxygen atoms in total. The van der Waals surface area contributed by atoms with E-state index in [2.05, 4.69) is 24.4 Å². The van der Waals surface area contributed by atoms with Crippen LogP contribution in [0.1, 0.15) is 36.5 Å². The monoisotopic (exact) mass is 258 g/mol. The van der Waals surface area contributed by atoms with E-state index in [0.29, 0.717) is 12.3 Å². The van der Waals surface area contributed by atoms with Gasteiger partial charge in [-0.3, -0.25) is 4.79 Å². The quantitative estimate of drug-likeness (QED) is 0.880. The van der Waals surface area contributed by atoms with Crippen molar-refractivity contribution in [3.8, 4) is 0 Å². The highest BCUT2D eigenvalue weighted by atomic mass is 16.2. The fourth-order valence-electron chi connectivity index (χ4n) is 3.20. The van der Waals surface area contributed by atoms with Crippen LogP contribution in [0.4, 0.5) is 5.69 Å². The number of anilines is 1. The third-order valence-electron chi connectivity index (χ3n) is 4.19. The van der Waals surface area contributed by atoms with E-state index in [1.807, 2.05) is 4.90 Å². The van der Waals surface area contributed by atoms with Crippen LogP contribution in [0.2, 0.25) is 0 Å². The SMILES string of the molecule is CCCN1C(=O)CCc2cc3c(cc21)CCNCC3. The summed E-state index contributed by atoms with van der Waals surface area (Å²) < 4.78 is 0. The average Bonchev–Trinajstić information content (AvgIpc) is 2.65. The van der Waals surface area contributed by atoms with Gasteiger partial charge in [-0.05, 0) is 61.5 Å². The number of amides is 1. The largest absolute Gasteiger partial charge is 0.316 e. The second kappa shape index (κ2) is 5.33. The Morgan fingerprint density at radius 2 is 1.79 bits per heavy atom. The maximum atomic E-state index is 12.1. The number of fused-ring (bicyclic) bond motifs is 2. The van der Waals surface area contributed by atoms with E-state index in [0.717, 1.165) is 45.3 Å². The zero-order valence-electron chi connectivity index (χ0n) is 11.7.